The van der Waals surface area contributed by atoms with Crippen LogP contribution >= 0.6 is 27.3 Å². The molecule has 2 aliphatic rings. The molecular weight excluding hydrogens is 776 g/mol. The molecule has 0 fully saturated rings. The summed E-state index contributed by atoms with van der Waals surface area (Å²) in [7, 11) is 0. The predicted octanol–water partition coefficient (Wildman–Crippen LogP) is 0.584. The molecule has 6 amide bonds. The highest BCUT2D eigenvalue weighted by atomic mass is 79.9. The van der Waals surface area contributed by atoms with Crippen molar-refractivity contribution in [2.45, 2.75) is 56.8 Å². The largest absolute Gasteiger partial charge is 0.480 e. The molecule has 0 spiro atoms. The van der Waals surface area contributed by atoms with Crippen LogP contribution in [-0.4, -0.2) is 89.8 Å². The maximum Gasteiger partial charge on any atom is 0.322 e. The smallest absolute Gasteiger partial charge is 0.322 e. The minimum Gasteiger partial charge on any atom is -0.480 e. The number of amides is 6. The summed E-state index contributed by atoms with van der Waals surface area (Å²) in [6.45, 7) is -0.240. The van der Waals surface area contributed by atoms with E-state index < -0.39 is 91.1 Å². The molecule has 3 heterocycles. The number of esters is 1. The van der Waals surface area contributed by atoms with E-state index in [0.29, 0.717) is 11.1 Å². The van der Waals surface area contributed by atoms with E-state index in [2.05, 4.69) is 47.8 Å². The van der Waals surface area contributed by atoms with E-state index >= 15 is 0 Å². The van der Waals surface area contributed by atoms with E-state index in [4.69, 9.17) is 9.84 Å². The summed E-state index contributed by atoms with van der Waals surface area (Å²) in [4.78, 5) is 104. The normalized spacial score (nSPS) is 20.4. The van der Waals surface area contributed by atoms with Crippen molar-refractivity contribution in [2.24, 2.45) is 0 Å². The second kappa shape index (κ2) is 19.3. The van der Waals surface area contributed by atoms with Gasteiger partial charge in [0.05, 0.1) is 13.0 Å². The first kappa shape index (κ1) is 40.2. The second-order valence-electron chi connectivity index (χ2n) is 11.9. The monoisotopic (exact) mass is 812 g/mol. The van der Waals surface area contributed by atoms with Gasteiger partial charge >= 0.3 is 11.9 Å². The first-order chi connectivity index (χ1) is 25.2. The number of thiophene rings is 1. The van der Waals surface area contributed by atoms with Gasteiger partial charge in [-0.1, -0.05) is 46.3 Å². The van der Waals surface area contributed by atoms with Crippen LogP contribution in [0.3, 0.4) is 0 Å². The number of hydrogen-bond donors (Lipinski definition) is 7. The summed E-state index contributed by atoms with van der Waals surface area (Å²) in [6, 6.07) is 12.7. The van der Waals surface area contributed by atoms with Crippen molar-refractivity contribution >= 4 is 80.3 Å². The van der Waals surface area contributed by atoms with Gasteiger partial charge in [0.1, 0.15) is 24.7 Å². The molecule has 2 bridgehead atoms. The van der Waals surface area contributed by atoms with Crippen LogP contribution in [-0.2, 0) is 62.4 Å². The lowest BCUT2D eigenvalue weighted by molar-refractivity contribution is -0.153. The highest BCUT2D eigenvalue weighted by Crippen LogP contribution is 2.16. The number of carboxylic acids is 1. The minimum atomic E-state index is -1.58. The maximum absolute atomic E-state index is 13.8. The number of carboxylic acid groups (broad SMARTS) is 1. The molecule has 2 aliphatic heterocycles. The SMILES string of the molecule is CC(=O)O[C@@H]1CC(=O)N[C@@H](Cc2cccs2)C(=O)N[C@H](Cc2ccc(Br)cc2)C(=O)NCC(=O)N[C@H](C(=O)NCC(=O)O)Cc2ccc(cc2)NC1=O. The number of rotatable bonds is 8. The second-order valence-corrected chi connectivity index (χ2v) is 13.9. The Kier molecular flexibility index (Phi) is 14.6. The van der Waals surface area contributed by atoms with Gasteiger partial charge in [0.2, 0.25) is 29.5 Å². The lowest BCUT2D eigenvalue weighted by atomic mass is 10.0. The van der Waals surface area contributed by atoms with Gasteiger partial charge in [-0.25, -0.2) is 0 Å². The van der Waals surface area contributed by atoms with Crippen LogP contribution in [0.1, 0.15) is 29.3 Å². The molecular formula is C35H37BrN6O10S. The molecule has 0 aliphatic carbocycles. The number of fused-ring (bicyclic) bond motifs is 18. The molecule has 53 heavy (non-hydrogen) atoms. The Morgan fingerprint density at radius 1 is 0.849 bits per heavy atom. The molecule has 0 saturated carbocycles. The molecule has 4 atom stereocenters. The van der Waals surface area contributed by atoms with E-state index in [0.717, 1.165) is 16.3 Å². The third-order valence-electron chi connectivity index (χ3n) is 7.74. The number of halogens is 1. The fraction of sp³-hybridized carbons (Fsp3) is 0.314. The molecule has 18 heteroatoms. The van der Waals surface area contributed by atoms with Crippen molar-refractivity contribution in [1.29, 1.82) is 0 Å². The quantitative estimate of drug-likeness (QED) is 0.123. The Labute approximate surface area is 315 Å². The molecule has 0 saturated heterocycles. The number of ether oxygens (including phenoxy) is 1. The Balaban J connectivity index is 1.68. The van der Waals surface area contributed by atoms with Crippen LogP contribution in [0.5, 0.6) is 0 Å². The fourth-order valence-corrected chi connectivity index (χ4v) is 6.22. The summed E-state index contributed by atoms with van der Waals surface area (Å²) in [5.41, 5.74) is 1.39. The molecule has 3 aromatic rings. The Bertz CT molecular complexity index is 1820. The average Bonchev–Trinajstić information content (AvgIpc) is 3.62. The molecule has 2 aromatic carbocycles. The molecule has 0 radical (unpaired) electrons. The molecule has 0 unspecified atom stereocenters. The summed E-state index contributed by atoms with van der Waals surface area (Å²) < 4.78 is 5.94. The average molecular weight is 814 g/mol. The molecule has 5 rings (SSSR count). The third kappa shape index (κ3) is 13.1. The van der Waals surface area contributed by atoms with E-state index in [1.165, 1.54) is 35.6 Å². The topological polar surface area (TPSA) is 238 Å². The van der Waals surface area contributed by atoms with Gasteiger partial charge in [-0.3, -0.25) is 38.4 Å². The summed E-state index contributed by atoms with van der Waals surface area (Å²) in [5, 5.41) is 25.9. The van der Waals surface area contributed by atoms with E-state index in [9.17, 15) is 38.4 Å². The van der Waals surface area contributed by atoms with Crippen molar-refractivity contribution < 1.29 is 48.2 Å². The van der Waals surface area contributed by atoms with Crippen LogP contribution in [0, 0.1) is 0 Å². The number of benzene rings is 2. The van der Waals surface area contributed by atoms with E-state index in [1.807, 2.05) is 0 Å². The number of anilines is 1. The van der Waals surface area contributed by atoms with Gasteiger partial charge in [0, 0.05) is 41.2 Å². The highest BCUT2D eigenvalue weighted by molar-refractivity contribution is 9.10. The first-order valence-corrected chi connectivity index (χ1v) is 17.9. The van der Waals surface area contributed by atoms with Gasteiger partial charge in [0.25, 0.3) is 5.91 Å². The van der Waals surface area contributed by atoms with Crippen LogP contribution < -0.4 is 31.9 Å². The lowest BCUT2D eigenvalue weighted by Crippen LogP contribution is -2.56. The number of hydrogen-bond acceptors (Lipinski definition) is 10. The molecule has 16 nitrogen and oxygen atoms in total. The maximum atomic E-state index is 13.8. The molecule has 1 aromatic heterocycles. The zero-order chi connectivity index (χ0) is 38.5. The van der Waals surface area contributed by atoms with Crippen LogP contribution in [0.2, 0.25) is 0 Å². The number of carbonyl (C=O) groups excluding carboxylic acids is 7. The van der Waals surface area contributed by atoms with Gasteiger partial charge in [-0.05, 0) is 46.8 Å². The fourth-order valence-electron chi connectivity index (χ4n) is 5.20. The standard InChI is InChI=1S/C35H37BrN6O10S/c1-19(43)52-28-16-29(44)40-27(15-24-3-2-12-53-24)34(50)42-26(14-20-4-8-22(36)9-5-20)33(49)37-17-30(45)41-25(32(48)38-18-31(46)47)13-21-6-10-23(11-7-21)39-35(28)51/h2-12,25-28H,13-18H2,1H3,(H,37,49)(H,38,48)(H,39,51)(H,40,44)(H,41,45)(H,42,50)(H,46,47)/t25-,26+,27-,28+/m0/s1. The van der Waals surface area contributed by atoms with E-state index in [-0.39, 0.29) is 24.9 Å². The Hall–Kier alpha value is -5.62. The van der Waals surface area contributed by atoms with Crippen molar-refractivity contribution in [3.05, 3.63) is 86.5 Å². The molecule has 7 N–H and O–H groups in total. The van der Waals surface area contributed by atoms with Gasteiger partial charge in [-0.2, -0.15) is 0 Å². The summed E-state index contributed by atoms with van der Waals surface area (Å²) >= 11 is 4.69. The van der Waals surface area contributed by atoms with Gasteiger partial charge < -0.3 is 41.7 Å². The Morgan fingerprint density at radius 3 is 2.19 bits per heavy atom. The van der Waals surface area contributed by atoms with Crippen molar-refractivity contribution in [3.8, 4) is 0 Å². The number of carbonyl (C=O) groups is 8. The van der Waals surface area contributed by atoms with Crippen LogP contribution in [0.4, 0.5) is 5.69 Å². The van der Waals surface area contributed by atoms with Gasteiger partial charge in [-0.15, -0.1) is 11.3 Å². The molecule has 280 valence electrons. The van der Waals surface area contributed by atoms with Crippen LogP contribution in [0.25, 0.3) is 0 Å². The van der Waals surface area contributed by atoms with E-state index in [1.54, 1.807) is 41.8 Å². The van der Waals surface area contributed by atoms with Crippen molar-refractivity contribution in [1.82, 2.24) is 26.6 Å². The first-order valence-electron chi connectivity index (χ1n) is 16.3. The lowest BCUT2D eigenvalue weighted by Gasteiger charge is -2.24. The highest BCUT2D eigenvalue weighted by Gasteiger charge is 2.31. The zero-order valence-electron chi connectivity index (χ0n) is 28.3. The summed E-state index contributed by atoms with van der Waals surface area (Å²) in [5.74, 6) is -6.85. The van der Waals surface area contributed by atoms with Crippen LogP contribution in [0.15, 0.2) is 70.5 Å². The van der Waals surface area contributed by atoms with Crippen molar-refractivity contribution in [2.75, 3.05) is 18.4 Å². The minimum absolute atomic E-state index is 0.0170. The third-order valence-corrected chi connectivity index (χ3v) is 9.17. The zero-order valence-corrected chi connectivity index (χ0v) is 30.7. The predicted molar refractivity (Wildman–Crippen MR) is 194 cm³/mol. The number of nitrogens with one attached hydrogen (secondary N) is 6. The summed E-state index contributed by atoms with van der Waals surface area (Å²) in [6.07, 6.45) is -2.33. The van der Waals surface area contributed by atoms with Gasteiger partial charge in [0.15, 0.2) is 6.10 Å². The Morgan fingerprint density at radius 2 is 1.55 bits per heavy atom. The number of aliphatic carboxylic acids is 1. The van der Waals surface area contributed by atoms with Crippen molar-refractivity contribution in [3.63, 3.8) is 0 Å².